The molecule has 20 heavy (non-hydrogen) atoms. The highest BCUT2D eigenvalue weighted by Crippen LogP contribution is 2.12. The third kappa shape index (κ3) is 4.15. The zero-order valence-electron chi connectivity index (χ0n) is 11.8. The van der Waals surface area contributed by atoms with E-state index in [0.29, 0.717) is 13.1 Å². The van der Waals surface area contributed by atoms with Crippen molar-refractivity contribution in [3.05, 3.63) is 52.5 Å². The minimum Gasteiger partial charge on any atom is -0.331 e. The largest absolute Gasteiger partial charge is 0.331 e. The van der Waals surface area contributed by atoms with Gasteiger partial charge in [0.05, 0.1) is 17.8 Å². The number of hydrogen-bond donors (Lipinski definition) is 0. The van der Waals surface area contributed by atoms with Gasteiger partial charge in [0.15, 0.2) is 0 Å². The predicted octanol–water partition coefficient (Wildman–Crippen LogP) is 2.35. The predicted molar refractivity (Wildman–Crippen MR) is 81.9 cm³/mol. The molecule has 4 nitrogen and oxygen atoms in total. The molecule has 0 aliphatic carbocycles. The van der Waals surface area contributed by atoms with Crippen molar-refractivity contribution in [2.45, 2.75) is 6.54 Å². The molecule has 106 valence electrons. The molecule has 0 saturated heterocycles. The average Bonchev–Trinajstić information content (AvgIpc) is 2.97. The Hall–Kier alpha value is -1.72. The third-order valence-electron chi connectivity index (χ3n) is 2.95. The zero-order valence-corrected chi connectivity index (χ0v) is 12.6. The van der Waals surface area contributed by atoms with Gasteiger partial charge in [-0.15, -0.1) is 0 Å². The molecule has 0 atom stereocenters. The molecular weight excluding hydrogens is 270 g/mol. The van der Waals surface area contributed by atoms with Crippen LogP contribution >= 0.6 is 11.3 Å². The number of pyridine rings is 1. The summed E-state index contributed by atoms with van der Waals surface area (Å²) in [6, 6.07) is 7.65. The molecule has 5 heteroatoms. The minimum atomic E-state index is 0.0683. The van der Waals surface area contributed by atoms with Gasteiger partial charge in [-0.2, -0.15) is 11.3 Å². The fraction of sp³-hybridized carbons (Fsp3) is 0.333. The molecule has 0 aliphatic heterocycles. The van der Waals surface area contributed by atoms with E-state index in [2.05, 4.69) is 9.88 Å². The van der Waals surface area contributed by atoms with Gasteiger partial charge in [0.1, 0.15) is 0 Å². The van der Waals surface area contributed by atoms with Crippen molar-refractivity contribution in [2.75, 3.05) is 27.2 Å². The first kappa shape index (κ1) is 14.7. The molecule has 2 heterocycles. The minimum absolute atomic E-state index is 0.0683. The number of carbonyl (C=O) groups excluding carboxylic acids is 1. The molecule has 2 aromatic heterocycles. The number of aromatic nitrogens is 1. The summed E-state index contributed by atoms with van der Waals surface area (Å²) in [5.74, 6) is 0.0683. The van der Waals surface area contributed by atoms with Crippen LogP contribution in [-0.2, 0) is 6.54 Å². The molecule has 0 N–H and O–H groups in total. The fourth-order valence-corrected chi connectivity index (χ4v) is 2.46. The normalized spacial score (nSPS) is 10.8. The number of amides is 1. The van der Waals surface area contributed by atoms with Gasteiger partial charge in [-0.1, -0.05) is 6.07 Å². The highest BCUT2D eigenvalue weighted by atomic mass is 32.1. The van der Waals surface area contributed by atoms with Crippen LogP contribution in [0.3, 0.4) is 0 Å². The van der Waals surface area contributed by atoms with Gasteiger partial charge in [-0.25, -0.2) is 0 Å². The van der Waals surface area contributed by atoms with E-state index in [1.54, 1.807) is 17.5 Å². The number of likely N-dealkylation sites (N-methyl/N-ethyl adjacent to an activating group) is 1. The molecule has 0 bridgehead atoms. The summed E-state index contributed by atoms with van der Waals surface area (Å²) in [4.78, 5) is 20.7. The lowest BCUT2D eigenvalue weighted by Gasteiger charge is -2.23. The molecule has 0 radical (unpaired) electrons. The quantitative estimate of drug-likeness (QED) is 0.819. The van der Waals surface area contributed by atoms with Gasteiger partial charge >= 0.3 is 0 Å². The van der Waals surface area contributed by atoms with Gasteiger partial charge < -0.3 is 9.80 Å². The monoisotopic (exact) mass is 289 g/mol. The van der Waals surface area contributed by atoms with E-state index in [1.807, 2.05) is 54.0 Å². The molecule has 0 aromatic carbocycles. The summed E-state index contributed by atoms with van der Waals surface area (Å²) in [5.41, 5.74) is 1.67. The van der Waals surface area contributed by atoms with Gasteiger partial charge in [-0.3, -0.25) is 9.78 Å². The second kappa shape index (κ2) is 7.17. The van der Waals surface area contributed by atoms with Crippen molar-refractivity contribution in [2.24, 2.45) is 0 Å². The molecule has 0 saturated carbocycles. The van der Waals surface area contributed by atoms with E-state index in [9.17, 15) is 4.79 Å². The van der Waals surface area contributed by atoms with Gasteiger partial charge in [-0.05, 0) is 37.7 Å². The Kier molecular flexibility index (Phi) is 5.26. The fourth-order valence-electron chi connectivity index (χ4n) is 1.83. The van der Waals surface area contributed by atoms with Crippen molar-refractivity contribution in [3.63, 3.8) is 0 Å². The summed E-state index contributed by atoms with van der Waals surface area (Å²) in [7, 11) is 4.02. The summed E-state index contributed by atoms with van der Waals surface area (Å²) in [6.45, 7) is 2.07. The van der Waals surface area contributed by atoms with Crippen LogP contribution < -0.4 is 0 Å². The second-order valence-electron chi connectivity index (χ2n) is 4.86. The first-order chi connectivity index (χ1) is 9.66. The Morgan fingerprint density at radius 2 is 2.10 bits per heavy atom. The Morgan fingerprint density at radius 3 is 2.70 bits per heavy atom. The molecule has 2 rings (SSSR count). The van der Waals surface area contributed by atoms with Gasteiger partial charge in [0.25, 0.3) is 5.91 Å². The Balaban J connectivity index is 2.10. The van der Waals surface area contributed by atoms with Crippen molar-refractivity contribution in [3.8, 4) is 0 Å². The molecule has 0 unspecified atom stereocenters. The maximum atomic E-state index is 12.5. The van der Waals surface area contributed by atoms with Gasteiger partial charge in [0.2, 0.25) is 0 Å². The van der Waals surface area contributed by atoms with Crippen molar-refractivity contribution in [1.82, 2.24) is 14.8 Å². The lowest BCUT2D eigenvalue weighted by molar-refractivity contribution is 0.0730. The summed E-state index contributed by atoms with van der Waals surface area (Å²) < 4.78 is 0. The first-order valence-corrected chi connectivity index (χ1v) is 7.47. The Labute approximate surface area is 123 Å². The number of carbonyl (C=O) groups is 1. The van der Waals surface area contributed by atoms with Crippen LogP contribution in [-0.4, -0.2) is 47.9 Å². The van der Waals surface area contributed by atoms with Crippen LogP contribution in [0.4, 0.5) is 0 Å². The molecule has 2 aromatic rings. The standard InChI is InChI=1S/C15H19N3OS/c1-17(2)8-9-18(11-14-5-3-4-7-16-14)15(19)13-6-10-20-12-13/h3-7,10,12H,8-9,11H2,1-2H3. The van der Waals surface area contributed by atoms with Gasteiger partial charge in [0, 0.05) is 24.7 Å². The number of nitrogens with zero attached hydrogens (tertiary/aromatic N) is 3. The number of rotatable bonds is 6. The Bertz CT molecular complexity index is 525. The number of hydrogen-bond acceptors (Lipinski definition) is 4. The smallest absolute Gasteiger partial charge is 0.255 e. The summed E-state index contributed by atoms with van der Waals surface area (Å²) >= 11 is 1.54. The molecule has 0 fully saturated rings. The van der Waals surface area contributed by atoms with Crippen molar-refractivity contribution in [1.29, 1.82) is 0 Å². The van der Waals surface area contributed by atoms with Crippen LogP contribution in [0, 0.1) is 0 Å². The third-order valence-corrected chi connectivity index (χ3v) is 3.63. The van der Waals surface area contributed by atoms with E-state index in [1.165, 1.54) is 0 Å². The van der Waals surface area contributed by atoms with E-state index in [0.717, 1.165) is 17.8 Å². The van der Waals surface area contributed by atoms with E-state index in [4.69, 9.17) is 0 Å². The van der Waals surface area contributed by atoms with Crippen molar-refractivity contribution >= 4 is 17.2 Å². The SMILES string of the molecule is CN(C)CCN(Cc1ccccn1)C(=O)c1ccsc1. The summed E-state index contributed by atoms with van der Waals surface area (Å²) in [5, 5.41) is 3.82. The Morgan fingerprint density at radius 1 is 1.25 bits per heavy atom. The van der Waals surface area contributed by atoms with Crippen LogP contribution in [0.2, 0.25) is 0 Å². The molecule has 0 aliphatic rings. The van der Waals surface area contributed by atoms with Crippen LogP contribution in [0.1, 0.15) is 16.1 Å². The lowest BCUT2D eigenvalue weighted by atomic mass is 10.2. The lowest BCUT2D eigenvalue weighted by Crippen LogP contribution is -2.36. The topological polar surface area (TPSA) is 36.4 Å². The maximum absolute atomic E-state index is 12.5. The maximum Gasteiger partial charge on any atom is 0.255 e. The van der Waals surface area contributed by atoms with Crippen LogP contribution in [0.25, 0.3) is 0 Å². The highest BCUT2D eigenvalue weighted by Gasteiger charge is 2.17. The highest BCUT2D eigenvalue weighted by molar-refractivity contribution is 7.08. The molecular formula is C15H19N3OS. The molecule has 0 spiro atoms. The number of thiophene rings is 1. The average molecular weight is 289 g/mol. The molecule has 1 amide bonds. The van der Waals surface area contributed by atoms with Crippen LogP contribution in [0.5, 0.6) is 0 Å². The van der Waals surface area contributed by atoms with Crippen LogP contribution in [0.15, 0.2) is 41.2 Å². The van der Waals surface area contributed by atoms with Crippen molar-refractivity contribution < 1.29 is 4.79 Å². The zero-order chi connectivity index (χ0) is 14.4. The van der Waals surface area contributed by atoms with E-state index in [-0.39, 0.29) is 5.91 Å². The van der Waals surface area contributed by atoms with E-state index >= 15 is 0 Å². The van der Waals surface area contributed by atoms with E-state index < -0.39 is 0 Å². The summed E-state index contributed by atoms with van der Waals surface area (Å²) in [6.07, 6.45) is 1.76. The first-order valence-electron chi connectivity index (χ1n) is 6.53. The second-order valence-corrected chi connectivity index (χ2v) is 5.64.